The first kappa shape index (κ1) is 23.7. The third-order valence-electron chi connectivity index (χ3n) is 7.99. The maximum absolute atomic E-state index is 16.5. The Morgan fingerprint density at radius 2 is 2.03 bits per heavy atom. The summed E-state index contributed by atoms with van der Waals surface area (Å²) in [5, 5.41) is 7.25. The number of aryl methyl sites for hydroxylation is 2. The van der Waals surface area contributed by atoms with E-state index in [1.165, 1.54) is 11.3 Å². The number of hydrogen-bond acceptors (Lipinski definition) is 5. The number of nitrogens with one attached hydrogen (secondary N) is 2. The number of pyridine rings is 1. The van der Waals surface area contributed by atoms with Gasteiger partial charge in [0, 0.05) is 71.4 Å². The van der Waals surface area contributed by atoms with Crippen LogP contribution in [0.5, 0.6) is 0 Å². The van der Waals surface area contributed by atoms with Crippen molar-refractivity contribution < 1.29 is 4.39 Å². The number of rotatable bonds is 4. The van der Waals surface area contributed by atoms with Crippen molar-refractivity contribution in [2.24, 2.45) is 0 Å². The van der Waals surface area contributed by atoms with Crippen LogP contribution in [0.3, 0.4) is 0 Å². The number of halogens is 1. The molecule has 1 saturated heterocycles. The van der Waals surface area contributed by atoms with Crippen molar-refractivity contribution in [1.82, 2.24) is 25.2 Å². The number of aromatic nitrogens is 3. The Kier molecular flexibility index (Phi) is 5.54. The standard InChI is InChI=1S/C32H31FN6/c1-19-17-39(18-35-19)28-13-12-27-32(37-27)31-25(28)10-11-26(36-31)24-7-5-4-6-20-8-9-23(30(33)29(20)24)21-14-22(38(2)3)16-34-15-21/h7-9,11-18,32,36-37H,4-6,10H2,1-3H3. The summed E-state index contributed by atoms with van der Waals surface area (Å²) < 4.78 is 18.6. The molecule has 4 heterocycles. The molecule has 2 aromatic heterocycles. The fourth-order valence-electron chi connectivity index (χ4n) is 5.86. The van der Waals surface area contributed by atoms with E-state index >= 15 is 4.39 Å². The zero-order valence-corrected chi connectivity index (χ0v) is 22.4. The van der Waals surface area contributed by atoms with Gasteiger partial charge in [-0.05, 0) is 56.4 Å². The second-order valence-electron chi connectivity index (χ2n) is 10.8. The van der Waals surface area contributed by atoms with Crippen molar-refractivity contribution in [3.63, 3.8) is 0 Å². The Hall–Kier alpha value is -4.39. The molecule has 1 unspecified atom stereocenters. The van der Waals surface area contributed by atoms with Gasteiger partial charge < -0.3 is 20.1 Å². The lowest BCUT2D eigenvalue weighted by atomic mass is 9.89. The fourth-order valence-corrected chi connectivity index (χ4v) is 5.86. The quantitative estimate of drug-likeness (QED) is 0.433. The summed E-state index contributed by atoms with van der Waals surface area (Å²) in [6, 6.07) is 6.17. The predicted octanol–water partition coefficient (Wildman–Crippen LogP) is 5.72. The highest BCUT2D eigenvalue weighted by atomic mass is 19.1. The first-order chi connectivity index (χ1) is 19.0. The topological polar surface area (TPSA) is 67.9 Å². The molecule has 2 aliphatic carbocycles. The minimum Gasteiger partial charge on any atom is -0.376 e. The zero-order chi connectivity index (χ0) is 26.7. The Balaban J connectivity index is 1.28. The lowest BCUT2D eigenvalue weighted by molar-refractivity contribution is 0.624. The monoisotopic (exact) mass is 518 g/mol. The van der Waals surface area contributed by atoms with E-state index in [-0.39, 0.29) is 11.9 Å². The molecule has 3 aromatic rings. The maximum atomic E-state index is 16.5. The van der Waals surface area contributed by atoms with Crippen LogP contribution in [0.15, 0.2) is 90.1 Å². The normalized spacial score (nSPS) is 19.5. The minimum absolute atomic E-state index is 0.156. The minimum atomic E-state index is -0.179. The smallest absolute Gasteiger partial charge is 0.139 e. The Bertz CT molecular complexity index is 1670. The molecule has 0 radical (unpaired) electrons. The molecule has 196 valence electrons. The zero-order valence-electron chi connectivity index (χ0n) is 22.4. The van der Waals surface area contributed by atoms with Crippen LogP contribution < -0.4 is 15.5 Å². The summed E-state index contributed by atoms with van der Waals surface area (Å²) in [6.07, 6.45) is 19.7. The second-order valence-corrected chi connectivity index (χ2v) is 10.8. The fraction of sp³-hybridized carbons (Fsp3) is 0.250. The SMILES string of the molecule is Cc1cn(C2=CC=C3NC3C3=C2CC=C(C2=CCCCc4ccc(-c5cncc(N(C)C)c5)c(F)c42)N3)cn1. The van der Waals surface area contributed by atoms with E-state index in [0.717, 1.165) is 70.9 Å². The third-order valence-corrected chi connectivity index (χ3v) is 7.99. The van der Waals surface area contributed by atoms with Crippen LogP contribution >= 0.6 is 0 Å². The van der Waals surface area contributed by atoms with Gasteiger partial charge >= 0.3 is 0 Å². The van der Waals surface area contributed by atoms with Gasteiger partial charge in [-0.15, -0.1) is 0 Å². The van der Waals surface area contributed by atoms with E-state index in [1.54, 1.807) is 12.4 Å². The van der Waals surface area contributed by atoms with E-state index in [4.69, 9.17) is 0 Å². The predicted molar refractivity (Wildman–Crippen MR) is 154 cm³/mol. The van der Waals surface area contributed by atoms with Gasteiger partial charge in [0.2, 0.25) is 0 Å². The summed E-state index contributed by atoms with van der Waals surface area (Å²) in [5.74, 6) is -0.179. The van der Waals surface area contributed by atoms with Crippen molar-refractivity contribution in [3.05, 3.63) is 113 Å². The average Bonchev–Trinajstić information content (AvgIpc) is 3.66. The van der Waals surface area contributed by atoms with Crippen LogP contribution in [0, 0.1) is 12.7 Å². The molecule has 1 fully saturated rings. The number of dihydropyridines is 1. The van der Waals surface area contributed by atoms with Gasteiger partial charge in [0.1, 0.15) is 11.9 Å². The molecular weight excluding hydrogens is 487 g/mol. The Morgan fingerprint density at radius 1 is 1.13 bits per heavy atom. The van der Waals surface area contributed by atoms with Crippen molar-refractivity contribution >= 4 is 17.0 Å². The van der Waals surface area contributed by atoms with Crippen molar-refractivity contribution in [3.8, 4) is 11.1 Å². The van der Waals surface area contributed by atoms with Crippen LogP contribution in [-0.4, -0.2) is 34.7 Å². The summed E-state index contributed by atoms with van der Waals surface area (Å²) in [5.41, 5.74) is 11.7. The van der Waals surface area contributed by atoms with E-state index in [2.05, 4.69) is 61.7 Å². The van der Waals surface area contributed by atoms with Gasteiger partial charge in [-0.2, -0.15) is 0 Å². The van der Waals surface area contributed by atoms with Gasteiger partial charge in [0.05, 0.1) is 29.6 Å². The van der Waals surface area contributed by atoms with Gasteiger partial charge in [-0.1, -0.05) is 24.3 Å². The summed E-state index contributed by atoms with van der Waals surface area (Å²) in [4.78, 5) is 10.8. The third kappa shape index (κ3) is 4.09. The number of allylic oxidation sites excluding steroid dienone is 7. The van der Waals surface area contributed by atoms with E-state index in [9.17, 15) is 0 Å². The molecule has 7 rings (SSSR count). The number of nitrogens with zero attached hydrogens (tertiary/aromatic N) is 4. The van der Waals surface area contributed by atoms with Crippen molar-refractivity contribution in [1.29, 1.82) is 0 Å². The largest absolute Gasteiger partial charge is 0.376 e. The number of anilines is 1. The van der Waals surface area contributed by atoms with Crippen LogP contribution in [0.25, 0.3) is 22.4 Å². The molecule has 0 spiro atoms. The molecule has 4 aliphatic rings. The van der Waals surface area contributed by atoms with Gasteiger partial charge in [0.15, 0.2) is 0 Å². The first-order valence-corrected chi connectivity index (χ1v) is 13.5. The molecule has 0 amide bonds. The molecular formula is C32H31FN6. The number of hydrogen-bond donors (Lipinski definition) is 2. The van der Waals surface area contributed by atoms with Crippen LogP contribution in [0.1, 0.15) is 36.1 Å². The molecule has 2 N–H and O–H groups in total. The molecule has 0 bridgehead atoms. The summed E-state index contributed by atoms with van der Waals surface area (Å²) in [7, 11) is 3.94. The highest BCUT2D eigenvalue weighted by Gasteiger charge is 2.38. The molecule has 6 nitrogen and oxygen atoms in total. The van der Waals surface area contributed by atoms with Gasteiger partial charge in [0.25, 0.3) is 0 Å². The number of benzene rings is 1. The number of fused-ring (bicyclic) bond motifs is 3. The van der Waals surface area contributed by atoms with Crippen LogP contribution in [0.2, 0.25) is 0 Å². The maximum Gasteiger partial charge on any atom is 0.139 e. The van der Waals surface area contributed by atoms with E-state index in [1.807, 2.05) is 44.4 Å². The highest BCUT2D eigenvalue weighted by Crippen LogP contribution is 2.42. The Morgan fingerprint density at radius 3 is 2.85 bits per heavy atom. The molecule has 39 heavy (non-hydrogen) atoms. The molecule has 2 aliphatic heterocycles. The summed E-state index contributed by atoms with van der Waals surface area (Å²) in [6.45, 7) is 2.00. The lowest BCUT2D eigenvalue weighted by Crippen LogP contribution is -2.25. The second kappa shape index (κ2) is 9.12. The Labute approximate surface area is 228 Å². The first-order valence-electron chi connectivity index (χ1n) is 13.5. The molecule has 7 heteroatoms. The average molecular weight is 519 g/mol. The molecule has 1 aromatic carbocycles. The number of imidazole rings is 1. The van der Waals surface area contributed by atoms with Gasteiger partial charge in [-0.25, -0.2) is 9.37 Å². The molecule has 0 saturated carbocycles. The van der Waals surface area contributed by atoms with Crippen molar-refractivity contribution in [2.45, 2.75) is 38.6 Å². The van der Waals surface area contributed by atoms with Crippen molar-refractivity contribution in [2.75, 3.05) is 19.0 Å². The van der Waals surface area contributed by atoms with E-state index in [0.29, 0.717) is 11.1 Å². The summed E-state index contributed by atoms with van der Waals surface area (Å²) >= 11 is 0. The van der Waals surface area contributed by atoms with Crippen LogP contribution in [0.4, 0.5) is 10.1 Å². The van der Waals surface area contributed by atoms with Crippen LogP contribution in [-0.2, 0) is 6.42 Å². The highest BCUT2D eigenvalue weighted by molar-refractivity contribution is 5.86. The van der Waals surface area contributed by atoms with Gasteiger partial charge in [-0.3, -0.25) is 4.98 Å². The molecule has 1 atom stereocenters. The van der Waals surface area contributed by atoms with E-state index < -0.39 is 0 Å². The lowest BCUT2D eigenvalue weighted by Gasteiger charge is -2.26.